The van der Waals surface area contributed by atoms with E-state index in [0.717, 1.165) is 29.7 Å². The number of nitrogens with zero attached hydrogens (tertiary/aromatic N) is 3. The summed E-state index contributed by atoms with van der Waals surface area (Å²) in [5, 5.41) is 1.28. The first-order valence-electron chi connectivity index (χ1n) is 12.5. The molecule has 176 valence electrons. The predicted molar refractivity (Wildman–Crippen MR) is 139 cm³/mol. The fraction of sp³-hybridized carbons (Fsp3) is 0.414. The molecule has 0 bridgehead atoms. The largest absolute Gasteiger partial charge is 0.336 e. The Labute approximate surface area is 202 Å². The van der Waals surface area contributed by atoms with E-state index >= 15 is 0 Å². The summed E-state index contributed by atoms with van der Waals surface area (Å²) >= 11 is 0. The van der Waals surface area contributed by atoms with Crippen LogP contribution in [0.4, 0.5) is 4.79 Å². The number of aromatic nitrogens is 1. The van der Waals surface area contributed by atoms with E-state index in [9.17, 15) is 4.79 Å². The van der Waals surface area contributed by atoms with Gasteiger partial charge in [0, 0.05) is 36.0 Å². The molecule has 0 radical (unpaired) electrons. The normalized spacial score (nSPS) is 19.3. The lowest BCUT2D eigenvalue weighted by atomic mass is 9.75. The Morgan fingerprint density at radius 3 is 2.71 bits per heavy atom. The van der Waals surface area contributed by atoms with Crippen molar-refractivity contribution in [3.05, 3.63) is 70.4 Å². The number of amides is 2. The van der Waals surface area contributed by atoms with Gasteiger partial charge < -0.3 is 9.80 Å². The van der Waals surface area contributed by atoms with Gasteiger partial charge in [-0.15, -0.1) is 0 Å². The summed E-state index contributed by atoms with van der Waals surface area (Å²) in [5.74, 6) is 7.39. The van der Waals surface area contributed by atoms with Crippen LogP contribution in [-0.4, -0.2) is 53.2 Å². The number of aryl methyl sites for hydroxylation is 1. The first kappa shape index (κ1) is 22.6. The second kappa shape index (κ2) is 9.19. The van der Waals surface area contributed by atoms with E-state index in [0.29, 0.717) is 25.0 Å². The molecule has 1 N–H and O–H groups in total. The lowest BCUT2D eigenvalue weighted by Gasteiger charge is -2.42. The summed E-state index contributed by atoms with van der Waals surface area (Å²) in [6.45, 7) is 8.57. The second-order valence-corrected chi connectivity index (χ2v) is 9.61. The van der Waals surface area contributed by atoms with Crippen molar-refractivity contribution in [2.24, 2.45) is 0 Å². The predicted octanol–water partition coefficient (Wildman–Crippen LogP) is 5.09. The molecular weight excluding hydrogens is 420 g/mol. The Bertz CT molecular complexity index is 1290. The van der Waals surface area contributed by atoms with Crippen molar-refractivity contribution in [1.82, 2.24) is 14.5 Å². The van der Waals surface area contributed by atoms with E-state index in [1.54, 1.807) is 4.90 Å². The fourth-order valence-corrected chi connectivity index (χ4v) is 5.83. The third-order valence-electron chi connectivity index (χ3n) is 7.60. The monoisotopic (exact) mass is 454 g/mol. The molecule has 2 atom stereocenters. The van der Waals surface area contributed by atoms with Gasteiger partial charge in [0.1, 0.15) is 5.69 Å². The molecule has 34 heavy (non-hydrogen) atoms. The molecule has 2 aliphatic rings. The first-order chi connectivity index (χ1) is 16.5. The minimum Gasteiger partial charge on any atom is -0.324 e. The highest BCUT2D eigenvalue weighted by Gasteiger charge is 2.38. The summed E-state index contributed by atoms with van der Waals surface area (Å²) in [7, 11) is 2.25. The molecule has 0 unspecified atom stereocenters. The van der Waals surface area contributed by atoms with Gasteiger partial charge in [0.2, 0.25) is 0 Å². The van der Waals surface area contributed by atoms with Gasteiger partial charge in [-0.05, 0) is 94.4 Å². The van der Waals surface area contributed by atoms with Gasteiger partial charge in [0.05, 0.1) is 5.52 Å². The van der Waals surface area contributed by atoms with Gasteiger partial charge in [0.15, 0.2) is 0 Å². The minimum atomic E-state index is -0.0914. The zero-order valence-electron chi connectivity index (χ0n) is 20.7. The molecular formula is C29H34N4O. The number of hydrogen-bond donors (Lipinski definition) is 1. The average Bonchev–Trinajstić information content (AvgIpc) is 3.13. The number of urea groups is 1. The number of rotatable bonds is 3. The number of nitrogens with one attached hydrogen (secondary N) is 1. The Hall–Kier alpha value is -3.23. The SMILES string of the molecule is CCN(CC)C(=O)Nn1c(C#Cc2cccc(C)c2)c2c3c(cccc31)[C@H]1CCCN(C)[C@@H]1C2. The lowest BCUT2D eigenvalue weighted by molar-refractivity contribution is 0.157. The van der Waals surface area contributed by atoms with E-state index in [4.69, 9.17) is 0 Å². The molecule has 2 amide bonds. The molecule has 1 aliphatic heterocycles. The highest BCUT2D eigenvalue weighted by Crippen LogP contribution is 2.44. The van der Waals surface area contributed by atoms with E-state index in [1.807, 2.05) is 30.7 Å². The Kier molecular flexibility index (Phi) is 6.10. The Morgan fingerprint density at radius 2 is 1.94 bits per heavy atom. The fourth-order valence-electron chi connectivity index (χ4n) is 5.83. The van der Waals surface area contributed by atoms with Gasteiger partial charge in [-0.3, -0.25) is 0 Å². The Morgan fingerprint density at radius 1 is 1.15 bits per heavy atom. The summed E-state index contributed by atoms with van der Waals surface area (Å²) in [6.07, 6.45) is 3.40. The molecule has 5 heteroatoms. The summed E-state index contributed by atoms with van der Waals surface area (Å²) in [4.78, 5) is 17.4. The molecule has 1 fully saturated rings. The minimum absolute atomic E-state index is 0.0914. The van der Waals surface area contributed by atoms with Crippen molar-refractivity contribution in [3.8, 4) is 11.8 Å². The molecule has 5 nitrogen and oxygen atoms in total. The molecule has 5 rings (SSSR count). The van der Waals surface area contributed by atoms with Gasteiger partial charge in [-0.1, -0.05) is 30.2 Å². The number of carbonyl (C=O) groups is 1. The first-order valence-corrected chi connectivity index (χ1v) is 12.5. The third kappa shape index (κ3) is 3.86. The van der Waals surface area contributed by atoms with E-state index in [1.165, 1.54) is 34.9 Å². The van der Waals surface area contributed by atoms with Gasteiger partial charge in [-0.2, -0.15) is 0 Å². The van der Waals surface area contributed by atoms with Gasteiger partial charge in [0.25, 0.3) is 0 Å². The van der Waals surface area contributed by atoms with Crippen molar-refractivity contribution in [2.75, 3.05) is 32.1 Å². The number of carbonyl (C=O) groups excluding carboxylic acids is 1. The van der Waals surface area contributed by atoms with Crippen LogP contribution in [0.3, 0.4) is 0 Å². The number of benzene rings is 2. The number of fused-ring (bicyclic) bond motifs is 2. The average molecular weight is 455 g/mol. The van der Waals surface area contributed by atoms with E-state index in [2.05, 4.69) is 66.5 Å². The molecule has 1 aliphatic carbocycles. The van der Waals surface area contributed by atoms with Crippen LogP contribution in [0, 0.1) is 18.8 Å². The highest BCUT2D eigenvalue weighted by molar-refractivity contribution is 5.94. The van der Waals surface area contributed by atoms with Crippen molar-refractivity contribution in [2.45, 2.75) is 52.0 Å². The van der Waals surface area contributed by atoms with Crippen molar-refractivity contribution >= 4 is 16.9 Å². The number of likely N-dealkylation sites (N-methyl/N-ethyl adjacent to an activating group) is 1. The number of piperidine rings is 1. The number of hydrogen-bond acceptors (Lipinski definition) is 2. The van der Waals surface area contributed by atoms with Gasteiger partial charge in [-0.25, -0.2) is 14.9 Å². The number of likely N-dealkylation sites (tertiary alicyclic amines) is 1. The van der Waals surface area contributed by atoms with E-state index < -0.39 is 0 Å². The topological polar surface area (TPSA) is 40.5 Å². The zero-order valence-corrected chi connectivity index (χ0v) is 20.7. The summed E-state index contributed by atoms with van der Waals surface area (Å²) < 4.78 is 1.95. The van der Waals surface area contributed by atoms with Crippen molar-refractivity contribution < 1.29 is 4.79 Å². The zero-order chi connectivity index (χ0) is 23.8. The smallest absolute Gasteiger partial charge is 0.324 e. The van der Waals surface area contributed by atoms with Crippen LogP contribution < -0.4 is 5.43 Å². The maximum Gasteiger partial charge on any atom is 0.336 e. The molecule has 0 saturated carbocycles. The maximum absolute atomic E-state index is 13.1. The van der Waals surface area contributed by atoms with Gasteiger partial charge >= 0.3 is 6.03 Å². The summed E-state index contributed by atoms with van der Waals surface area (Å²) in [6, 6.07) is 15.2. The molecule has 0 spiro atoms. The van der Waals surface area contributed by atoms with Crippen LogP contribution in [0.15, 0.2) is 42.5 Å². The molecule has 3 aromatic rings. The quantitative estimate of drug-likeness (QED) is 0.560. The van der Waals surface area contributed by atoms with Crippen LogP contribution in [0.25, 0.3) is 10.9 Å². The van der Waals surface area contributed by atoms with Crippen LogP contribution in [0.2, 0.25) is 0 Å². The third-order valence-corrected chi connectivity index (χ3v) is 7.60. The molecule has 2 aromatic carbocycles. The second-order valence-electron chi connectivity index (χ2n) is 9.61. The molecule has 1 aromatic heterocycles. The molecule has 1 saturated heterocycles. The Balaban J connectivity index is 1.70. The maximum atomic E-state index is 13.1. The summed E-state index contributed by atoms with van der Waals surface area (Å²) in [5.41, 5.74) is 10.00. The standard InChI is InChI=1S/C29H34N4O/c1-5-32(6-2)29(34)30-33-25(16-15-21-11-7-10-20(3)18-21)24-19-27-22(13-9-17-31(27)4)23-12-8-14-26(33)28(23)24/h7-8,10-12,14,18,22,27H,5-6,9,13,17,19H2,1-4H3,(H,30,34)/t22-,27-/m1/s1. The van der Waals surface area contributed by atoms with Crippen molar-refractivity contribution in [3.63, 3.8) is 0 Å². The van der Waals surface area contributed by atoms with E-state index in [-0.39, 0.29) is 6.03 Å². The van der Waals surface area contributed by atoms with Crippen LogP contribution in [0.5, 0.6) is 0 Å². The van der Waals surface area contributed by atoms with Crippen LogP contribution >= 0.6 is 0 Å². The molecule has 2 heterocycles. The highest BCUT2D eigenvalue weighted by atomic mass is 16.2. The van der Waals surface area contributed by atoms with Crippen LogP contribution in [-0.2, 0) is 6.42 Å². The lowest BCUT2D eigenvalue weighted by Crippen LogP contribution is -2.44. The van der Waals surface area contributed by atoms with Crippen LogP contribution in [0.1, 0.15) is 60.6 Å². The van der Waals surface area contributed by atoms with Crippen molar-refractivity contribution in [1.29, 1.82) is 0 Å².